The Morgan fingerprint density at radius 1 is 0.962 bits per heavy atom. The lowest BCUT2D eigenvalue weighted by atomic mass is 10.1. The van der Waals surface area contributed by atoms with Crippen LogP contribution in [0.2, 0.25) is 0 Å². The van der Waals surface area contributed by atoms with Crippen molar-refractivity contribution in [1.82, 2.24) is 10.6 Å². The highest BCUT2D eigenvalue weighted by molar-refractivity contribution is 5.79. The topological polar surface area (TPSA) is 54.9 Å². The van der Waals surface area contributed by atoms with Crippen molar-refractivity contribution in [2.45, 2.75) is 26.4 Å². The van der Waals surface area contributed by atoms with Gasteiger partial charge in [0.1, 0.15) is 5.75 Å². The van der Waals surface area contributed by atoms with Crippen molar-refractivity contribution < 1.29 is 9.47 Å². The predicted molar refractivity (Wildman–Crippen MR) is 107 cm³/mol. The number of guanidine groups is 1. The number of nitrogens with one attached hydrogen (secondary N) is 2. The molecule has 0 aliphatic carbocycles. The third-order valence-corrected chi connectivity index (χ3v) is 3.92. The molecule has 26 heavy (non-hydrogen) atoms. The Morgan fingerprint density at radius 3 is 2.38 bits per heavy atom. The molecular formula is C21H29N3O2. The van der Waals surface area contributed by atoms with Gasteiger partial charge in [-0.3, -0.25) is 4.99 Å². The van der Waals surface area contributed by atoms with Crippen LogP contribution >= 0.6 is 0 Å². The maximum absolute atomic E-state index is 5.74. The Morgan fingerprint density at radius 2 is 1.69 bits per heavy atom. The smallest absolute Gasteiger partial charge is 0.191 e. The number of aryl methyl sites for hydroxylation is 1. The van der Waals surface area contributed by atoms with Crippen LogP contribution in [0.3, 0.4) is 0 Å². The third kappa shape index (κ3) is 7.15. The molecule has 0 amide bonds. The number of nitrogens with zero attached hydrogens (tertiary/aromatic N) is 1. The van der Waals surface area contributed by atoms with Gasteiger partial charge < -0.3 is 20.1 Å². The molecule has 0 heterocycles. The average molecular weight is 355 g/mol. The van der Waals surface area contributed by atoms with E-state index in [0.717, 1.165) is 30.2 Å². The summed E-state index contributed by atoms with van der Waals surface area (Å²) in [6, 6.07) is 16.6. The summed E-state index contributed by atoms with van der Waals surface area (Å²) < 4.78 is 10.8. The molecule has 5 nitrogen and oxygen atoms in total. The number of benzene rings is 2. The van der Waals surface area contributed by atoms with Crippen molar-refractivity contribution in [3.05, 3.63) is 65.2 Å². The molecule has 2 aromatic rings. The number of ether oxygens (including phenoxy) is 2. The summed E-state index contributed by atoms with van der Waals surface area (Å²) in [6.07, 6.45) is 0.883. The van der Waals surface area contributed by atoms with Gasteiger partial charge in [-0.15, -0.1) is 0 Å². The third-order valence-electron chi connectivity index (χ3n) is 3.92. The lowest BCUT2D eigenvalue weighted by Crippen LogP contribution is -2.36. The van der Waals surface area contributed by atoms with E-state index >= 15 is 0 Å². The van der Waals surface area contributed by atoms with Crippen LogP contribution in [0.15, 0.2) is 53.5 Å². The first-order valence-corrected chi connectivity index (χ1v) is 8.92. The van der Waals surface area contributed by atoms with Gasteiger partial charge in [0.25, 0.3) is 0 Å². The van der Waals surface area contributed by atoms with Gasteiger partial charge in [-0.1, -0.05) is 42.0 Å². The molecule has 2 rings (SSSR count). The van der Waals surface area contributed by atoms with E-state index in [0.29, 0.717) is 19.8 Å². The van der Waals surface area contributed by atoms with E-state index in [-0.39, 0.29) is 0 Å². The molecule has 0 saturated heterocycles. The zero-order valence-electron chi connectivity index (χ0n) is 15.9. The van der Waals surface area contributed by atoms with E-state index in [2.05, 4.69) is 52.9 Å². The molecule has 0 spiro atoms. The minimum Gasteiger partial charge on any atom is -0.493 e. The predicted octanol–water partition coefficient (Wildman–Crippen LogP) is 3.28. The molecule has 0 atom stereocenters. The van der Waals surface area contributed by atoms with E-state index < -0.39 is 0 Å². The van der Waals surface area contributed by atoms with Crippen LogP contribution in [-0.4, -0.2) is 33.3 Å². The van der Waals surface area contributed by atoms with Crippen molar-refractivity contribution in [3.63, 3.8) is 0 Å². The SMILES string of the molecule is CN=C(NCc1ccc(C)cc1)NCc1cccc(OCCCOC)c1. The molecule has 140 valence electrons. The van der Waals surface area contributed by atoms with Gasteiger partial charge in [-0.05, 0) is 30.2 Å². The molecule has 0 aliphatic rings. The Kier molecular flexibility index (Phi) is 8.49. The van der Waals surface area contributed by atoms with Crippen LogP contribution in [0.5, 0.6) is 5.75 Å². The highest BCUT2D eigenvalue weighted by Gasteiger charge is 2.01. The normalized spacial score (nSPS) is 11.3. The molecule has 0 saturated carbocycles. The standard InChI is InChI=1S/C21H29N3O2/c1-17-8-10-18(11-9-17)15-23-21(22-2)24-16-19-6-4-7-20(14-19)26-13-5-12-25-3/h4,6-11,14H,5,12-13,15-16H2,1-3H3,(H2,22,23,24). The van der Waals surface area contributed by atoms with Gasteiger partial charge in [0.2, 0.25) is 0 Å². The summed E-state index contributed by atoms with van der Waals surface area (Å²) in [5, 5.41) is 6.67. The fourth-order valence-corrected chi connectivity index (χ4v) is 2.44. The monoisotopic (exact) mass is 355 g/mol. The first-order chi connectivity index (χ1) is 12.7. The second-order valence-electron chi connectivity index (χ2n) is 6.11. The van der Waals surface area contributed by atoms with Crippen LogP contribution < -0.4 is 15.4 Å². The second kappa shape index (κ2) is 11.2. The van der Waals surface area contributed by atoms with Crippen molar-refractivity contribution >= 4 is 5.96 Å². The van der Waals surface area contributed by atoms with Crippen LogP contribution in [0, 0.1) is 6.92 Å². The Labute approximate surface area is 156 Å². The summed E-state index contributed by atoms with van der Waals surface area (Å²) in [7, 11) is 3.48. The second-order valence-corrected chi connectivity index (χ2v) is 6.11. The highest BCUT2D eigenvalue weighted by atomic mass is 16.5. The quantitative estimate of drug-likeness (QED) is 0.412. The number of rotatable bonds is 9. The minimum absolute atomic E-state index is 0.657. The van der Waals surface area contributed by atoms with Crippen molar-refractivity contribution in [2.24, 2.45) is 4.99 Å². The lowest BCUT2D eigenvalue weighted by molar-refractivity contribution is 0.172. The molecule has 5 heteroatoms. The van der Waals surface area contributed by atoms with E-state index in [1.54, 1.807) is 14.2 Å². The van der Waals surface area contributed by atoms with Gasteiger partial charge in [0.15, 0.2) is 5.96 Å². The van der Waals surface area contributed by atoms with Gasteiger partial charge in [-0.2, -0.15) is 0 Å². The number of hydrogen-bond acceptors (Lipinski definition) is 3. The van der Waals surface area contributed by atoms with Gasteiger partial charge >= 0.3 is 0 Å². The van der Waals surface area contributed by atoms with Crippen LogP contribution in [0.1, 0.15) is 23.1 Å². The van der Waals surface area contributed by atoms with Crippen molar-refractivity contribution in [3.8, 4) is 5.75 Å². The molecule has 0 fully saturated rings. The number of methoxy groups -OCH3 is 1. The zero-order chi connectivity index (χ0) is 18.6. The zero-order valence-corrected chi connectivity index (χ0v) is 15.9. The maximum atomic E-state index is 5.74. The van der Waals surface area contributed by atoms with Crippen molar-refractivity contribution in [2.75, 3.05) is 27.4 Å². The summed E-state index contributed by atoms with van der Waals surface area (Å²) in [5.41, 5.74) is 3.64. The Balaban J connectivity index is 1.79. The van der Waals surface area contributed by atoms with Crippen LogP contribution in [0.25, 0.3) is 0 Å². The first-order valence-electron chi connectivity index (χ1n) is 8.92. The fourth-order valence-electron chi connectivity index (χ4n) is 2.44. The average Bonchev–Trinajstić information content (AvgIpc) is 2.67. The fraction of sp³-hybridized carbons (Fsp3) is 0.381. The van der Waals surface area contributed by atoms with Crippen LogP contribution in [-0.2, 0) is 17.8 Å². The summed E-state index contributed by atoms with van der Waals surface area (Å²) in [5.74, 6) is 1.65. The largest absolute Gasteiger partial charge is 0.493 e. The Hall–Kier alpha value is -2.53. The van der Waals surface area contributed by atoms with E-state index in [9.17, 15) is 0 Å². The van der Waals surface area contributed by atoms with Gasteiger partial charge in [0.05, 0.1) is 6.61 Å². The van der Waals surface area contributed by atoms with E-state index in [1.165, 1.54) is 11.1 Å². The molecule has 2 N–H and O–H groups in total. The molecular weight excluding hydrogens is 326 g/mol. The number of hydrogen-bond donors (Lipinski definition) is 2. The summed E-state index contributed by atoms with van der Waals surface area (Å²) >= 11 is 0. The minimum atomic E-state index is 0.657. The molecule has 0 radical (unpaired) electrons. The number of aliphatic imine (C=N–C) groups is 1. The van der Waals surface area contributed by atoms with Crippen LogP contribution in [0.4, 0.5) is 0 Å². The Bertz CT molecular complexity index is 684. The summed E-state index contributed by atoms with van der Waals surface area (Å²) in [4.78, 5) is 4.28. The maximum Gasteiger partial charge on any atom is 0.191 e. The van der Waals surface area contributed by atoms with E-state index in [4.69, 9.17) is 9.47 Å². The molecule has 0 unspecified atom stereocenters. The lowest BCUT2D eigenvalue weighted by Gasteiger charge is -2.13. The van der Waals surface area contributed by atoms with Gasteiger partial charge in [-0.25, -0.2) is 0 Å². The molecule has 0 aliphatic heterocycles. The van der Waals surface area contributed by atoms with E-state index in [1.807, 2.05) is 18.2 Å². The molecule has 0 bridgehead atoms. The van der Waals surface area contributed by atoms with Crippen molar-refractivity contribution in [1.29, 1.82) is 0 Å². The first kappa shape index (κ1) is 19.8. The summed E-state index contributed by atoms with van der Waals surface area (Å²) in [6.45, 7) is 4.88. The van der Waals surface area contributed by atoms with Gasteiger partial charge in [0, 0.05) is 40.3 Å². The molecule has 2 aromatic carbocycles. The molecule has 0 aromatic heterocycles. The highest BCUT2D eigenvalue weighted by Crippen LogP contribution is 2.13.